The minimum atomic E-state index is -0.0287. The van der Waals surface area contributed by atoms with Crippen LogP contribution >= 0.6 is 0 Å². The van der Waals surface area contributed by atoms with Gasteiger partial charge in [-0.1, -0.05) is 29.8 Å². The maximum Gasteiger partial charge on any atom is 0.317 e. The Morgan fingerprint density at radius 1 is 1.47 bits per heavy atom. The van der Waals surface area contributed by atoms with E-state index in [2.05, 4.69) is 24.4 Å². The van der Waals surface area contributed by atoms with Crippen LogP contribution in [0.2, 0.25) is 0 Å². The average Bonchev–Trinajstić information content (AvgIpc) is 2.18. The third kappa shape index (κ3) is 3.62. The Bertz CT molecular complexity index is 336. The predicted octanol–water partition coefficient (Wildman–Crippen LogP) is 2.16. The fourth-order valence-corrected chi connectivity index (χ4v) is 1.44. The second-order valence-electron chi connectivity index (χ2n) is 3.68. The van der Waals surface area contributed by atoms with Gasteiger partial charge in [0, 0.05) is 20.1 Å². The molecule has 15 heavy (non-hydrogen) atoms. The van der Waals surface area contributed by atoms with Crippen molar-refractivity contribution in [2.45, 2.75) is 20.4 Å². The van der Waals surface area contributed by atoms with E-state index >= 15 is 0 Å². The number of aryl methyl sites for hydroxylation is 1. The Labute approximate surface area is 91.1 Å². The van der Waals surface area contributed by atoms with Crippen molar-refractivity contribution in [3.8, 4) is 0 Å². The van der Waals surface area contributed by atoms with E-state index in [1.54, 1.807) is 11.9 Å². The van der Waals surface area contributed by atoms with Crippen molar-refractivity contribution in [1.29, 1.82) is 0 Å². The smallest absolute Gasteiger partial charge is 0.317 e. The van der Waals surface area contributed by atoms with Crippen LogP contribution in [0.1, 0.15) is 18.1 Å². The van der Waals surface area contributed by atoms with Crippen LogP contribution in [0.5, 0.6) is 0 Å². The molecular formula is C12H18N2O. The molecule has 0 fully saturated rings. The molecule has 0 radical (unpaired) electrons. The number of rotatable bonds is 3. The van der Waals surface area contributed by atoms with Gasteiger partial charge in [0.15, 0.2) is 0 Å². The van der Waals surface area contributed by atoms with Gasteiger partial charge in [0.05, 0.1) is 0 Å². The number of amides is 2. The van der Waals surface area contributed by atoms with Gasteiger partial charge in [-0.05, 0) is 19.4 Å². The fraction of sp³-hybridized carbons (Fsp3) is 0.417. The third-order valence-corrected chi connectivity index (χ3v) is 2.18. The molecule has 0 saturated carbocycles. The maximum absolute atomic E-state index is 11.4. The van der Waals surface area contributed by atoms with Crippen LogP contribution in [0.15, 0.2) is 24.3 Å². The highest BCUT2D eigenvalue weighted by Crippen LogP contribution is 2.06. The van der Waals surface area contributed by atoms with Gasteiger partial charge in [0.2, 0.25) is 0 Å². The molecule has 0 bridgehead atoms. The molecule has 82 valence electrons. The molecule has 1 aromatic carbocycles. The quantitative estimate of drug-likeness (QED) is 0.807. The van der Waals surface area contributed by atoms with Crippen molar-refractivity contribution in [1.82, 2.24) is 10.2 Å². The molecule has 0 spiro atoms. The molecule has 0 heterocycles. The van der Waals surface area contributed by atoms with E-state index in [9.17, 15) is 4.79 Å². The van der Waals surface area contributed by atoms with E-state index in [0.29, 0.717) is 13.1 Å². The van der Waals surface area contributed by atoms with Gasteiger partial charge in [-0.15, -0.1) is 0 Å². The van der Waals surface area contributed by atoms with E-state index in [1.165, 1.54) is 5.56 Å². The van der Waals surface area contributed by atoms with Crippen molar-refractivity contribution < 1.29 is 4.79 Å². The largest absolute Gasteiger partial charge is 0.338 e. The van der Waals surface area contributed by atoms with Crippen LogP contribution in [0.25, 0.3) is 0 Å². The lowest BCUT2D eigenvalue weighted by atomic mass is 10.1. The summed E-state index contributed by atoms with van der Waals surface area (Å²) < 4.78 is 0. The van der Waals surface area contributed by atoms with E-state index in [4.69, 9.17) is 0 Å². The van der Waals surface area contributed by atoms with Crippen molar-refractivity contribution in [2.24, 2.45) is 0 Å². The normalized spacial score (nSPS) is 9.80. The Morgan fingerprint density at radius 2 is 2.20 bits per heavy atom. The fourth-order valence-electron chi connectivity index (χ4n) is 1.44. The van der Waals surface area contributed by atoms with Gasteiger partial charge in [0.1, 0.15) is 0 Å². The minimum absolute atomic E-state index is 0.0287. The summed E-state index contributed by atoms with van der Waals surface area (Å²) in [6.45, 7) is 5.28. The average molecular weight is 206 g/mol. The number of benzene rings is 1. The molecule has 0 saturated heterocycles. The minimum Gasteiger partial charge on any atom is -0.338 e. The van der Waals surface area contributed by atoms with Crippen LogP contribution < -0.4 is 5.32 Å². The summed E-state index contributed by atoms with van der Waals surface area (Å²) >= 11 is 0. The van der Waals surface area contributed by atoms with Crippen LogP contribution in [-0.4, -0.2) is 24.5 Å². The zero-order valence-electron chi connectivity index (χ0n) is 9.58. The van der Waals surface area contributed by atoms with Crippen LogP contribution in [0.4, 0.5) is 4.79 Å². The van der Waals surface area contributed by atoms with E-state index in [1.807, 2.05) is 19.1 Å². The molecule has 0 unspecified atom stereocenters. The standard InChI is InChI=1S/C12H18N2O/c1-4-13-12(15)14(3)9-11-7-5-6-10(2)8-11/h5-8H,4,9H2,1-3H3,(H,13,15). The van der Waals surface area contributed by atoms with E-state index in [-0.39, 0.29) is 6.03 Å². The van der Waals surface area contributed by atoms with Crippen LogP contribution in [0.3, 0.4) is 0 Å². The summed E-state index contributed by atoms with van der Waals surface area (Å²) in [5, 5.41) is 2.77. The highest BCUT2D eigenvalue weighted by molar-refractivity contribution is 5.73. The molecule has 0 atom stereocenters. The van der Waals surface area contributed by atoms with Crippen molar-refractivity contribution in [2.75, 3.05) is 13.6 Å². The Morgan fingerprint density at radius 3 is 2.80 bits per heavy atom. The topological polar surface area (TPSA) is 32.3 Å². The molecule has 1 aromatic rings. The number of nitrogens with zero attached hydrogens (tertiary/aromatic N) is 1. The molecule has 3 heteroatoms. The third-order valence-electron chi connectivity index (χ3n) is 2.18. The SMILES string of the molecule is CCNC(=O)N(C)Cc1cccc(C)c1. The van der Waals surface area contributed by atoms with Gasteiger partial charge < -0.3 is 10.2 Å². The van der Waals surface area contributed by atoms with Gasteiger partial charge in [0.25, 0.3) is 0 Å². The molecule has 3 nitrogen and oxygen atoms in total. The number of hydrogen-bond donors (Lipinski definition) is 1. The molecule has 0 aliphatic rings. The molecule has 0 aliphatic carbocycles. The zero-order chi connectivity index (χ0) is 11.3. The number of urea groups is 1. The van der Waals surface area contributed by atoms with Crippen molar-refractivity contribution in [3.63, 3.8) is 0 Å². The van der Waals surface area contributed by atoms with Gasteiger partial charge in [-0.3, -0.25) is 0 Å². The first-order valence-electron chi connectivity index (χ1n) is 5.18. The summed E-state index contributed by atoms with van der Waals surface area (Å²) in [4.78, 5) is 13.1. The number of nitrogens with one attached hydrogen (secondary N) is 1. The summed E-state index contributed by atoms with van der Waals surface area (Å²) in [6.07, 6.45) is 0. The molecule has 1 rings (SSSR count). The maximum atomic E-state index is 11.4. The molecule has 1 N–H and O–H groups in total. The van der Waals surface area contributed by atoms with Gasteiger partial charge in [-0.2, -0.15) is 0 Å². The first-order valence-corrected chi connectivity index (χ1v) is 5.18. The number of hydrogen-bond acceptors (Lipinski definition) is 1. The monoisotopic (exact) mass is 206 g/mol. The molecular weight excluding hydrogens is 188 g/mol. The van der Waals surface area contributed by atoms with Crippen LogP contribution in [0, 0.1) is 6.92 Å². The lowest BCUT2D eigenvalue weighted by molar-refractivity contribution is 0.207. The Hall–Kier alpha value is -1.51. The first-order chi connectivity index (χ1) is 7.13. The second kappa shape index (κ2) is 5.39. The summed E-state index contributed by atoms with van der Waals surface area (Å²) in [5.41, 5.74) is 2.38. The highest BCUT2D eigenvalue weighted by atomic mass is 16.2. The highest BCUT2D eigenvalue weighted by Gasteiger charge is 2.06. The Balaban J connectivity index is 2.58. The van der Waals surface area contributed by atoms with Crippen molar-refractivity contribution >= 4 is 6.03 Å². The summed E-state index contributed by atoms with van der Waals surface area (Å²) in [7, 11) is 1.80. The lowest BCUT2D eigenvalue weighted by Gasteiger charge is -2.17. The molecule has 0 aromatic heterocycles. The number of carbonyl (C=O) groups is 1. The number of carbonyl (C=O) groups excluding carboxylic acids is 1. The Kier molecular flexibility index (Phi) is 4.16. The van der Waals surface area contributed by atoms with E-state index in [0.717, 1.165) is 5.56 Å². The summed E-state index contributed by atoms with van der Waals surface area (Å²) in [6, 6.07) is 8.16. The van der Waals surface area contributed by atoms with Gasteiger partial charge >= 0.3 is 6.03 Å². The summed E-state index contributed by atoms with van der Waals surface area (Å²) in [5.74, 6) is 0. The van der Waals surface area contributed by atoms with Crippen molar-refractivity contribution in [3.05, 3.63) is 35.4 Å². The van der Waals surface area contributed by atoms with Crippen LogP contribution in [-0.2, 0) is 6.54 Å². The molecule has 0 aliphatic heterocycles. The molecule has 2 amide bonds. The lowest BCUT2D eigenvalue weighted by Crippen LogP contribution is -2.36. The van der Waals surface area contributed by atoms with Gasteiger partial charge in [-0.25, -0.2) is 4.79 Å². The second-order valence-corrected chi connectivity index (χ2v) is 3.68. The first kappa shape index (κ1) is 11.6. The van der Waals surface area contributed by atoms with E-state index < -0.39 is 0 Å². The predicted molar refractivity (Wildman–Crippen MR) is 61.7 cm³/mol. The zero-order valence-corrected chi connectivity index (χ0v) is 9.58.